The van der Waals surface area contributed by atoms with Crippen molar-refractivity contribution in [2.45, 2.75) is 31.6 Å². The second-order valence-corrected chi connectivity index (χ2v) is 10.7. The molecule has 0 radical (unpaired) electrons. The molecule has 13 nitrogen and oxygen atoms in total. The summed E-state index contributed by atoms with van der Waals surface area (Å²) in [6.07, 6.45) is 16.9. The van der Waals surface area contributed by atoms with Gasteiger partial charge in [-0.15, -0.1) is 37.3 Å². The number of carbonyl (C=O) groups excluding carboxylic acids is 1. The fourth-order valence-corrected chi connectivity index (χ4v) is 5.24. The second kappa shape index (κ2) is 16.6. The summed E-state index contributed by atoms with van der Waals surface area (Å²) in [4.78, 5) is 39.1. The van der Waals surface area contributed by atoms with Gasteiger partial charge in [0, 0.05) is 74.7 Å². The minimum atomic E-state index is 0.554. The Kier molecular flexibility index (Phi) is 12.0. The van der Waals surface area contributed by atoms with Gasteiger partial charge in [-0.2, -0.15) is 20.1 Å². The quantitative estimate of drug-likeness (QED) is 0.148. The second-order valence-electron chi connectivity index (χ2n) is 9.82. The van der Waals surface area contributed by atoms with Crippen LogP contribution in [0.25, 0.3) is 0 Å². The van der Waals surface area contributed by atoms with Crippen molar-refractivity contribution in [3.63, 3.8) is 0 Å². The number of anilines is 6. The molecule has 3 fully saturated rings. The minimum absolute atomic E-state index is 0.554. The molecule has 0 bridgehead atoms. The number of piperazine rings is 1. The highest BCUT2D eigenvalue weighted by molar-refractivity contribution is 7.13. The first-order valence-corrected chi connectivity index (χ1v) is 15.3. The third-order valence-electron chi connectivity index (χ3n) is 7.01. The van der Waals surface area contributed by atoms with Gasteiger partial charge in [0.2, 0.25) is 24.3 Å². The van der Waals surface area contributed by atoms with Crippen molar-refractivity contribution < 1.29 is 4.79 Å². The van der Waals surface area contributed by atoms with Crippen LogP contribution < -0.4 is 25.3 Å². The van der Waals surface area contributed by atoms with Gasteiger partial charge in [0.05, 0.1) is 0 Å². The van der Waals surface area contributed by atoms with Crippen molar-refractivity contribution in [3.8, 4) is 12.8 Å². The van der Waals surface area contributed by atoms with Crippen molar-refractivity contribution >= 4 is 52.4 Å². The number of hydrogen-bond acceptors (Lipinski definition) is 12. The van der Waals surface area contributed by atoms with E-state index in [9.17, 15) is 4.79 Å². The van der Waals surface area contributed by atoms with E-state index in [0.29, 0.717) is 23.4 Å². The smallest absolute Gasteiger partial charge is 0.235 e. The van der Waals surface area contributed by atoms with E-state index >= 15 is 0 Å². The van der Waals surface area contributed by atoms with E-state index in [1.54, 1.807) is 11.6 Å². The molecule has 14 heteroatoms. The van der Waals surface area contributed by atoms with Crippen molar-refractivity contribution in [3.05, 3.63) is 60.9 Å². The third kappa shape index (κ3) is 8.74. The molecule has 0 atom stereocenters. The Morgan fingerprint density at radius 2 is 1.59 bits per heavy atom. The molecule has 2 aliphatic heterocycles. The van der Waals surface area contributed by atoms with Gasteiger partial charge < -0.3 is 25.3 Å². The number of H-pyrrole nitrogens is 1. The number of nitrogens with one attached hydrogen (secondary N) is 3. The maximum Gasteiger partial charge on any atom is 0.235 e. The van der Waals surface area contributed by atoms with Crippen LogP contribution in [-0.2, 0) is 4.79 Å². The molecular weight excluding hydrogens is 576 g/mol. The van der Waals surface area contributed by atoms with Gasteiger partial charge in [0.25, 0.3) is 0 Å². The first-order chi connectivity index (χ1) is 21.7. The van der Waals surface area contributed by atoms with E-state index in [2.05, 4.69) is 83.6 Å². The van der Waals surface area contributed by atoms with Crippen molar-refractivity contribution in [2.75, 3.05) is 64.6 Å². The lowest BCUT2D eigenvalue weighted by atomic mass is 10.3. The zero-order valence-corrected chi connectivity index (χ0v) is 25.5. The molecule has 0 aromatic carbocycles. The van der Waals surface area contributed by atoms with Crippen LogP contribution in [0.15, 0.2) is 55.2 Å². The molecule has 1 aliphatic carbocycles. The van der Waals surface area contributed by atoms with Crippen molar-refractivity contribution in [1.29, 1.82) is 0 Å². The minimum Gasteiger partial charge on any atom is -0.353 e. The van der Waals surface area contributed by atoms with Crippen molar-refractivity contribution in [1.82, 2.24) is 35.1 Å². The fourth-order valence-electron chi connectivity index (χ4n) is 4.75. The van der Waals surface area contributed by atoms with E-state index in [1.807, 2.05) is 18.3 Å². The molecule has 6 heterocycles. The van der Waals surface area contributed by atoms with E-state index in [-0.39, 0.29) is 0 Å². The van der Waals surface area contributed by atoms with Gasteiger partial charge >= 0.3 is 0 Å². The average molecular weight is 615 g/mol. The molecular formula is C30H38N12OS. The van der Waals surface area contributed by atoms with Crippen LogP contribution in [0.1, 0.15) is 37.3 Å². The highest BCUT2D eigenvalue weighted by atomic mass is 32.1. The highest BCUT2D eigenvalue weighted by Gasteiger charge is 2.26. The normalized spacial score (nSPS) is 15.5. The average Bonchev–Trinajstić information content (AvgIpc) is 3.45. The molecule has 1 amide bonds. The molecule has 44 heavy (non-hydrogen) atoms. The molecule has 1 saturated carbocycles. The molecule has 4 aromatic rings. The third-order valence-corrected chi connectivity index (χ3v) is 7.71. The zero-order valence-electron chi connectivity index (χ0n) is 24.7. The Morgan fingerprint density at radius 3 is 2.18 bits per heavy atom. The molecule has 4 aromatic heterocycles. The predicted octanol–water partition coefficient (Wildman–Crippen LogP) is 4.30. The summed E-state index contributed by atoms with van der Waals surface area (Å²) in [5, 5.41) is 15.7. The molecule has 0 spiro atoms. The number of carbonyl (C=O) groups is 1. The number of terminal acetylenes is 1. The number of pyridine rings is 1. The maximum atomic E-state index is 9.73. The van der Waals surface area contributed by atoms with E-state index in [0.717, 1.165) is 62.8 Å². The summed E-state index contributed by atoms with van der Waals surface area (Å²) in [7, 11) is 0. The van der Waals surface area contributed by atoms with Crippen LogP contribution in [0.2, 0.25) is 0 Å². The zero-order chi connectivity index (χ0) is 31.1. The summed E-state index contributed by atoms with van der Waals surface area (Å²) in [6, 6.07) is 8.12. The first kappa shape index (κ1) is 31.9. The number of amides is 1. The summed E-state index contributed by atoms with van der Waals surface area (Å²) >= 11 is 1.39. The molecule has 2 saturated heterocycles. The highest BCUT2D eigenvalue weighted by Crippen LogP contribution is 2.39. The van der Waals surface area contributed by atoms with E-state index in [1.165, 1.54) is 42.7 Å². The van der Waals surface area contributed by atoms with E-state index in [4.69, 9.17) is 15.0 Å². The summed E-state index contributed by atoms with van der Waals surface area (Å²) < 4.78 is 0. The van der Waals surface area contributed by atoms with E-state index < -0.39 is 0 Å². The molecule has 3 N–H and O–H groups in total. The summed E-state index contributed by atoms with van der Waals surface area (Å²) in [6.45, 7) is 11.4. The summed E-state index contributed by atoms with van der Waals surface area (Å²) in [5.41, 5.74) is 1.19. The fraction of sp³-hybridized carbons (Fsp3) is 0.367. The lowest BCUT2D eigenvalue weighted by Gasteiger charge is -2.35. The number of thiazole rings is 1. The summed E-state index contributed by atoms with van der Waals surface area (Å²) in [5.74, 6) is 4.44. The number of aromatic nitrogens is 7. The Hall–Kier alpha value is -5.03. The van der Waals surface area contributed by atoms with Gasteiger partial charge in [0.1, 0.15) is 5.82 Å². The van der Waals surface area contributed by atoms with Crippen LogP contribution in [0, 0.1) is 12.8 Å². The topological polar surface area (TPSA) is 144 Å². The number of nitrogens with zero attached hydrogens (tertiary/aromatic N) is 9. The lowest BCUT2D eigenvalue weighted by Crippen LogP contribution is -2.47. The lowest BCUT2D eigenvalue weighted by molar-refractivity contribution is -0.105. The molecule has 230 valence electrons. The van der Waals surface area contributed by atoms with Gasteiger partial charge in [-0.1, -0.05) is 6.07 Å². The van der Waals surface area contributed by atoms with Crippen LogP contribution in [0.5, 0.6) is 0 Å². The monoisotopic (exact) mass is 614 g/mol. The maximum absolute atomic E-state index is 9.73. The van der Waals surface area contributed by atoms with Crippen LogP contribution in [-0.4, -0.2) is 80.8 Å². The first-order valence-electron chi connectivity index (χ1n) is 14.4. The van der Waals surface area contributed by atoms with Gasteiger partial charge in [-0.3, -0.25) is 9.89 Å². The van der Waals surface area contributed by atoms with Crippen LogP contribution >= 0.6 is 11.3 Å². The SMILES string of the molecule is C#C.C=C.O=CNc1nccs1.c1ccc(N2CCN(c3nc(Nc4cc(C5CC5)[nH]n4)nc(N4CCCC4)n3)CC2)nc1. The van der Waals surface area contributed by atoms with Crippen LogP contribution in [0.3, 0.4) is 0 Å². The Bertz CT molecular complexity index is 1430. The van der Waals surface area contributed by atoms with Gasteiger partial charge in [-0.05, 0) is 37.8 Å². The van der Waals surface area contributed by atoms with Crippen LogP contribution in [0.4, 0.5) is 34.6 Å². The number of hydrogen-bond donors (Lipinski definition) is 3. The largest absolute Gasteiger partial charge is 0.353 e. The van der Waals surface area contributed by atoms with Crippen molar-refractivity contribution in [2.24, 2.45) is 0 Å². The van der Waals surface area contributed by atoms with Gasteiger partial charge in [-0.25, -0.2) is 9.97 Å². The predicted molar refractivity (Wildman–Crippen MR) is 177 cm³/mol. The molecule has 0 unspecified atom stereocenters. The standard InChI is InChI=1S/C22H28N10.C4H4N2OS.C2H4.C2H2/c1-2-8-23-19(5-1)30-11-13-32(14-12-30)22-26-20(25-21(27-22)31-9-3-4-10-31)24-18-15-17(28-29-18)16-6-7-16;7-3-6-4-5-1-2-8-4;2*1-2/h1-2,5,8,15-16H,3-4,6-7,9-14H2,(H2,24,25,26,27,28,29);1-3H,(H,5,6,7);1-2H2;1-2H. The molecule has 7 rings (SSSR count). The Balaban J connectivity index is 0.000000315. The molecule has 3 aliphatic rings. The Morgan fingerprint density at radius 1 is 0.909 bits per heavy atom. The number of aromatic amines is 1. The number of rotatable bonds is 8. The van der Waals surface area contributed by atoms with Gasteiger partial charge in [0.15, 0.2) is 10.9 Å². The Labute approximate surface area is 261 Å².